The van der Waals surface area contributed by atoms with Crippen molar-refractivity contribution in [3.8, 4) is 5.75 Å². The first-order chi connectivity index (χ1) is 13.2. The maximum atomic E-state index is 11.9. The van der Waals surface area contributed by atoms with Crippen molar-refractivity contribution in [2.75, 3.05) is 19.0 Å². The van der Waals surface area contributed by atoms with Gasteiger partial charge >= 0.3 is 5.97 Å². The number of aryl methyl sites for hydroxylation is 1. The minimum Gasteiger partial charge on any atom is -0.495 e. The standard InChI is InChI=1S/C21H22N2O4/c1-26-19-11-5-4-10-18(19)23-20(24)14-27-21(25)12-6-7-15-13-22-17-9-3-2-8-16(15)17/h2-5,8-11,13,22H,6-7,12,14H2,1H3,(H,23,24). The van der Waals surface area contributed by atoms with Crippen molar-refractivity contribution >= 4 is 28.5 Å². The van der Waals surface area contributed by atoms with E-state index in [1.807, 2.05) is 30.5 Å². The molecule has 3 aromatic rings. The molecule has 0 atom stereocenters. The maximum absolute atomic E-state index is 11.9. The Morgan fingerprint density at radius 3 is 2.70 bits per heavy atom. The third-order valence-corrected chi connectivity index (χ3v) is 4.25. The summed E-state index contributed by atoms with van der Waals surface area (Å²) in [5.74, 6) is -0.231. The van der Waals surface area contributed by atoms with Gasteiger partial charge in [0, 0.05) is 23.5 Å². The van der Waals surface area contributed by atoms with Gasteiger partial charge < -0.3 is 19.8 Å². The number of hydrogen-bond acceptors (Lipinski definition) is 4. The van der Waals surface area contributed by atoms with Crippen molar-refractivity contribution in [2.24, 2.45) is 0 Å². The molecule has 0 fully saturated rings. The monoisotopic (exact) mass is 366 g/mol. The fourth-order valence-corrected chi connectivity index (χ4v) is 2.91. The molecule has 0 unspecified atom stereocenters. The van der Waals surface area contributed by atoms with Crippen LogP contribution >= 0.6 is 0 Å². The van der Waals surface area contributed by atoms with Gasteiger partial charge in [0.05, 0.1) is 12.8 Å². The van der Waals surface area contributed by atoms with E-state index in [2.05, 4.69) is 16.4 Å². The van der Waals surface area contributed by atoms with Crippen LogP contribution in [0, 0.1) is 0 Å². The average Bonchev–Trinajstić information content (AvgIpc) is 3.10. The van der Waals surface area contributed by atoms with Crippen LogP contribution in [0.4, 0.5) is 5.69 Å². The lowest BCUT2D eigenvalue weighted by Crippen LogP contribution is -2.21. The van der Waals surface area contributed by atoms with Gasteiger partial charge in [-0.15, -0.1) is 0 Å². The Hall–Kier alpha value is -3.28. The van der Waals surface area contributed by atoms with E-state index in [4.69, 9.17) is 9.47 Å². The number of hydrogen-bond donors (Lipinski definition) is 2. The molecule has 0 spiro atoms. The molecule has 27 heavy (non-hydrogen) atoms. The zero-order chi connectivity index (χ0) is 19.1. The number of methoxy groups -OCH3 is 1. The van der Waals surface area contributed by atoms with Gasteiger partial charge in [0.1, 0.15) is 5.75 Å². The molecule has 0 bridgehead atoms. The molecule has 0 radical (unpaired) electrons. The molecular weight excluding hydrogens is 344 g/mol. The zero-order valence-electron chi connectivity index (χ0n) is 15.2. The molecule has 3 rings (SSSR count). The summed E-state index contributed by atoms with van der Waals surface area (Å²) in [6.45, 7) is -0.316. The van der Waals surface area contributed by atoms with Crippen molar-refractivity contribution in [3.05, 3.63) is 60.3 Å². The second kappa shape index (κ2) is 8.89. The first kappa shape index (κ1) is 18.5. The highest BCUT2D eigenvalue weighted by atomic mass is 16.5. The third kappa shape index (κ3) is 4.88. The van der Waals surface area contributed by atoms with Crippen molar-refractivity contribution in [1.29, 1.82) is 0 Å². The highest BCUT2D eigenvalue weighted by Gasteiger charge is 2.11. The molecule has 140 valence electrons. The number of carbonyl (C=O) groups is 2. The minimum atomic E-state index is -0.399. The largest absolute Gasteiger partial charge is 0.495 e. The van der Waals surface area contributed by atoms with E-state index in [1.54, 1.807) is 18.2 Å². The molecule has 6 heteroatoms. The number of aromatic amines is 1. The fourth-order valence-electron chi connectivity index (χ4n) is 2.91. The van der Waals surface area contributed by atoms with Crippen LogP contribution in [0.2, 0.25) is 0 Å². The molecule has 2 aromatic carbocycles. The number of nitrogens with one attached hydrogen (secondary N) is 2. The van der Waals surface area contributed by atoms with Gasteiger partial charge in [-0.2, -0.15) is 0 Å². The maximum Gasteiger partial charge on any atom is 0.306 e. The zero-order valence-corrected chi connectivity index (χ0v) is 15.2. The summed E-state index contributed by atoms with van der Waals surface area (Å²) in [4.78, 5) is 27.0. The second-order valence-electron chi connectivity index (χ2n) is 6.12. The van der Waals surface area contributed by atoms with Gasteiger partial charge in [-0.25, -0.2) is 0 Å². The highest BCUT2D eigenvalue weighted by Crippen LogP contribution is 2.23. The normalized spacial score (nSPS) is 10.6. The number of benzene rings is 2. The van der Waals surface area contributed by atoms with Crippen LogP contribution in [-0.4, -0.2) is 30.6 Å². The van der Waals surface area contributed by atoms with E-state index in [-0.39, 0.29) is 19.0 Å². The molecule has 6 nitrogen and oxygen atoms in total. The predicted molar refractivity (Wildman–Crippen MR) is 104 cm³/mol. The Kier molecular flexibility index (Phi) is 6.10. The third-order valence-electron chi connectivity index (χ3n) is 4.25. The Morgan fingerprint density at radius 1 is 1.07 bits per heavy atom. The number of fused-ring (bicyclic) bond motifs is 1. The summed E-state index contributed by atoms with van der Waals surface area (Å²) >= 11 is 0. The van der Waals surface area contributed by atoms with Gasteiger partial charge in [0.2, 0.25) is 0 Å². The first-order valence-electron chi connectivity index (χ1n) is 8.81. The topological polar surface area (TPSA) is 80.4 Å². The Morgan fingerprint density at radius 2 is 1.85 bits per heavy atom. The minimum absolute atomic E-state index is 0.265. The summed E-state index contributed by atoms with van der Waals surface area (Å²) in [5, 5.41) is 3.84. The number of ether oxygens (including phenoxy) is 2. The fraction of sp³-hybridized carbons (Fsp3) is 0.238. The van der Waals surface area contributed by atoms with Gasteiger partial charge in [0.25, 0.3) is 5.91 Å². The van der Waals surface area contributed by atoms with Gasteiger partial charge in [-0.05, 0) is 36.6 Å². The number of H-pyrrole nitrogens is 1. The molecule has 1 aromatic heterocycles. The smallest absolute Gasteiger partial charge is 0.306 e. The lowest BCUT2D eigenvalue weighted by molar-refractivity contribution is -0.147. The molecular formula is C21H22N2O4. The van der Waals surface area contributed by atoms with Crippen LogP contribution in [0.5, 0.6) is 5.75 Å². The number of aromatic nitrogens is 1. The van der Waals surface area contributed by atoms with Crippen LogP contribution in [0.3, 0.4) is 0 Å². The van der Waals surface area contributed by atoms with E-state index in [1.165, 1.54) is 18.1 Å². The predicted octanol–water partition coefficient (Wildman–Crippen LogP) is 3.68. The van der Waals surface area contributed by atoms with Crippen LogP contribution in [0.25, 0.3) is 10.9 Å². The van der Waals surface area contributed by atoms with Crippen molar-refractivity contribution in [2.45, 2.75) is 19.3 Å². The molecule has 1 heterocycles. The lowest BCUT2D eigenvalue weighted by Gasteiger charge is -2.10. The second-order valence-corrected chi connectivity index (χ2v) is 6.12. The summed E-state index contributed by atoms with van der Waals surface area (Å²) in [6, 6.07) is 15.1. The van der Waals surface area contributed by atoms with Crippen molar-refractivity contribution in [1.82, 2.24) is 4.98 Å². The SMILES string of the molecule is COc1ccccc1NC(=O)COC(=O)CCCc1c[nH]c2ccccc12. The Bertz CT molecular complexity index is 933. The first-order valence-corrected chi connectivity index (χ1v) is 8.81. The van der Waals surface area contributed by atoms with Gasteiger partial charge in [0.15, 0.2) is 6.61 Å². The van der Waals surface area contributed by atoms with Crippen LogP contribution < -0.4 is 10.1 Å². The molecule has 1 amide bonds. The number of carbonyl (C=O) groups excluding carboxylic acids is 2. The molecule has 2 N–H and O–H groups in total. The number of anilines is 1. The van der Waals surface area contributed by atoms with E-state index in [0.29, 0.717) is 17.9 Å². The molecule has 0 aliphatic rings. The van der Waals surface area contributed by atoms with E-state index < -0.39 is 5.91 Å². The quantitative estimate of drug-likeness (QED) is 0.596. The van der Waals surface area contributed by atoms with Crippen LogP contribution in [0.1, 0.15) is 18.4 Å². The van der Waals surface area contributed by atoms with Gasteiger partial charge in [-0.1, -0.05) is 30.3 Å². The average molecular weight is 366 g/mol. The number of amides is 1. The molecule has 0 aliphatic carbocycles. The summed E-state index contributed by atoms with van der Waals surface area (Å²) in [5.41, 5.74) is 2.80. The Balaban J connectivity index is 1.41. The van der Waals surface area contributed by atoms with Crippen LogP contribution in [0.15, 0.2) is 54.7 Å². The van der Waals surface area contributed by atoms with Gasteiger partial charge in [-0.3, -0.25) is 9.59 Å². The highest BCUT2D eigenvalue weighted by molar-refractivity contribution is 5.94. The summed E-state index contributed by atoms with van der Waals surface area (Å²) in [7, 11) is 1.53. The molecule has 0 saturated carbocycles. The van der Waals surface area contributed by atoms with E-state index in [9.17, 15) is 9.59 Å². The molecule has 0 aliphatic heterocycles. The number of rotatable bonds is 8. The van der Waals surface area contributed by atoms with Crippen molar-refractivity contribution in [3.63, 3.8) is 0 Å². The van der Waals surface area contributed by atoms with Crippen LogP contribution in [-0.2, 0) is 20.7 Å². The lowest BCUT2D eigenvalue weighted by atomic mass is 10.1. The van der Waals surface area contributed by atoms with E-state index in [0.717, 1.165) is 11.9 Å². The molecule has 0 saturated heterocycles. The van der Waals surface area contributed by atoms with Crippen molar-refractivity contribution < 1.29 is 19.1 Å². The van der Waals surface area contributed by atoms with E-state index >= 15 is 0 Å². The Labute approximate surface area is 157 Å². The summed E-state index contributed by atoms with van der Waals surface area (Å²) < 4.78 is 10.2. The number of esters is 1. The number of para-hydroxylation sites is 3. The summed E-state index contributed by atoms with van der Waals surface area (Å²) in [6.07, 6.45) is 3.67.